The Balaban J connectivity index is 1.97. The van der Waals surface area contributed by atoms with Crippen LogP contribution in [0.15, 0.2) is 16.9 Å². The molecule has 1 aliphatic rings. The molecule has 5 nitrogen and oxygen atoms in total. The van der Waals surface area contributed by atoms with Crippen LogP contribution < -0.4 is 5.32 Å². The Bertz CT molecular complexity index is 362. The third-order valence-corrected chi connectivity index (χ3v) is 2.19. The summed E-state index contributed by atoms with van der Waals surface area (Å²) in [5.74, 6) is -0.0342. The van der Waals surface area contributed by atoms with Gasteiger partial charge in [0, 0.05) is 6.07 Å². The summed E-state index contributed by atoms with van der Waals surface area (Å²) in [5.41, 5.74) is 0.214. The Labute approximate surface area is 80.7 Å². The summed E-state index contributed by atoms with van der Waals surface area (Å²) in [6.07, 6.45) is 3.35. The zero-order chi connectivity index (χ0) is 9.97. The van der Waals surface area contributed by atoms with Gasteiger partial charge in [-0.3, -0.25) is 4.79 Å². The molecule has 1 aromatic heterocycles. The highest BCUT2D eigenvalue weighted by Crippen LogP contribution is 2.32. The molecule has 0 spiro atoms. The van der Waals surface area contributed by atoms with Crippen LogP contribution in [0.1, 0.15) is 23.3 Å². The summed E-state index contributed by atoms with van der Waals surface area (Å²) < 4.78 is 4.53. The lowest BCUT2D eigenvalue weighted by molar-refractivity contribution is 0.0933. The molecule has 1 aliphatic carbocycles. The number of amides is 1. The van der Waals surface area contributed by atoms with E-state index in [1.165, 1.54) is 12.3 Å². The van der Waals surface area contributed by atoms with E-state index < -0.39 is 0 Å². The molecule has 1 fully saturated rings. The average Bonchev–Trinajstić information content (AvgIpc) is 2.88. The van der Waals surface area contributed by atoms with E-state index in [0.717, 1.165) is 12.8 Å². The Kier molecular flexibility index (Phi) is 2.19. The lowest BCUT2D eigenvalue weighted by Crippen LogP contribution is -2.35. The van der Waals surface area contributed by atoms with Crippen molar-refractivity contribution in [2.24, 2.45) is 5.92 Å². The zero-order valence-electron chi connectivity index (χ0n) is 7.43. The van der Waals surface area contributed by atoms with Crippen LogP contribution in [0.3, 0.4) is 0 Å². The van der Waals surface area contributed by atoms with Crippen molar-refractivity contribution >= 4 is 5.91 Å². The zero-order valence-corrected chi connectivity index (χ0v) is 7.43. The third kappa shape index (κ3) is 1.74. The van der Waals surface area contributed by atoms with Gasteiger partial charge in [-0.15, -0.1) is 0 Å². The van der Waals surface area contributed by atoms with Crippen LogP contribution in [-0.2, 0) is 0 Å². The van der Waals surface area contributed by atoms with Crippen LogP contribution in [0.5, 0.6) is 0 Å². The van der Waals surface area contributed by atoms with Crippen molar-refractivity contribution in [3.63, 3.8) is 0 Å². The van der Waals surface area contributed by atoms with Crippen molar-refractivity contribution in [3.05, 3.63) is 18.0 Å². The van der Waals surface area contributed by atoms with E-state index in [4.69, 9.17) is 5.26 Å². The summed E-state index contributed by atoms with van der Waals surface area (Å²) in [6, 6.07) is 3.15. The molecule has 0 saturated heterocycles. The number of carbonyl (C=O) groups is 1. The number of rotatable bonds is 3. The minimum atomic E-state index is -0.390. The molecule has 72 valence electrons. The first-order chi connectivity index (χ1) is 6.81. The minimum Gasteiger partial charge on any atom is -0.364 e. The molecule has 1 N–H and O–H groups in total. The Morgan fingerprint density at radius 3 is 3.07 bits per heavy atom. The van der Waals surface area contributed by atoms with Crippen LogP contribution in [0.4, 0.5) is 0 Å². The standard InChI is InChI=1S/C9H9N3O2/c10-5-8(6-1-2-6)11-9(13)7-3-4-14-12-7/h3-4,6,8H,1-2H2,(H,11,13). The van der Waals surface area contributed by atoms with Gasteiger partial charge in [-0.25, -0.2) is 0 Å². The van der Waals surface area contributed by atoms with Gasteiger partial charge in [0.2, 0.25) is 0 Å². The molecule has 14 heavy (non-hydrogen) atoms. The normalized spacial score (nSPS) is 17.1. The van der Waals surface area contributed by atoms with Crippen LogP contribution >= 0.6 is 0 Å². The van der Waals surface area contributed by atoms with Crippen LogP contribution in [0.2, 0.25) is 0 Å². The van der Waals surface area contributed by atoms with Gasteiger partial charge in [0.1, 0.15) is 12.3 Å². The highest BCUT2D eigenvalue weighted by atomic mass is 16.5. The van der Waals surface area contributed by atoms with E-state index in [2.05, 4.69) is 21.1 Å². The first kappa shape index (κ1) is 8.75. The molecule has 1 saturated carbocycles. The van der Waals surface area contributed by atoms with Crippen LogP contribution in [0.25, 0.3) is 0 Å². The SMILES string of the molecule is N#CC(NC(=O)c1ccon1)C1CC1. The van der Waals surface area contributed by atoms with Gasteiger partial charge in [0.25, 0.3) is 5.91 Å². The quantitative estimate of drug-likeness (QED) is 0.762. The number of nitriles is 1. The van der Waals surface area contributed by atoms with Gasteiger partial charge < -0.3 is 9.84 Å². The second-order valence-corrected chi connectivity index (χ2v) is 3.30. The molecule has 0 bridgehead atoms. The molecule has 0 aromatic carbocycles. The fraction of sp³-hybridized carbons (Fsp3) is 0.444. The van der Waals surface area contributed by atoms with E-state index >= 15 is 0 Å². The molecular formula is C9H9N3O2. The van der Waals surface area contributed by atoms with Gasteiger partial charge in [-0.05, 0) is 18.8 Å². The third-order valence-electron chi connectivity index (χ3n) is 2.19. The molecule has 1 aromatic rings. The van der Waals surface area contributed by atoms with Gasteiger partial charge in [0.05, 0.1) is 6.07 Å². The largest absolute Gasteiger partial charge is 0.364 e. The van der Waals surface area contributed by atoms with Crippen LogP contribution in [-0.4, -0.2) is 17.1 Å². The first-order valence-electron chi connectivity index (χ1n) is 4.42. The van der Waals surface area contributed by atoms with Crippen molar-refractivity contribution in [3.8, 4) is 6.07 Å². The number of nitrogens with zero attached hydrogens (tertiary/aromatic N) is 2. The second-order valence-electron chi connectivity index (χ2n) is 3.30. The molecule has 1 amide bonds. The summed E-state index contributed by atoms with van der Waals surface area (Å²) >= 11 is 0. The predicted octanol–water partition coefficient (Wildman–Crippen LogP) is 0.707. The lowest BCUT2D eigenvalue weighted by atomic mass is 10.2. The molecule has 5 heteroatoms. The molecule has 0 aliphatic heterocycles. The molecular weight excluding hydrogens is 182 g/mol. The number of hydrogen-bond acceptors (Lipinski definition) is 4. The summed E-state index contributed by atoms with van der Waals surface area (Å²) in [4.78, 5) is 11.4. The van der Waals surface area contributed by atoms with Gasteiger partial charge in [-0.2, -0.15) is 5.26 Å². The minimum absolute atomic E-state index is 0.214. The molecule has 0 radical (unpaired) electrons. The van der Waals surface area contributed by atoms with Crippen molar-refractivity contribution < 1.29 is 9.32 Å². The highest BCUT2D eigenvalue weighted by molar-refractivity contribution is 5.92. The summed E-state index contributed by atoms with van der Waals surface area (Å²) in [6.45, 7) is 0. The van der Waals surface area contributed by atoms with Crippen molar-refractivity contribution in [2.45, 2.75) is 18.9 Å². The topological polar surface area (TPSA) is 78.9 Å². The first-order valence-corrected chi connectivity index (χ1v) is 4.42. The monoisotopic (exact) mass is 191 g/mol. The maximum Gasteiger partial charge on any atom is 0.274 e. The van der Waals surface area contributed by atoms with Gasteiger partial charge in [-0.1, -0.05) is 5.16 Å². The Hall–Kier alpha value is -1.83. The molecule has 2 rings (SSSR count). The van der Waals surface area contributed by atoms with Crippen molar-refractivity contribution in [1.82, 2.24) is 10.5 Å². The smallest absolute Gasteiger partial charge is 0.274 e. The lowest BCUT2D eigenvalue weighted by Gasteiger charge is -2.07. The fourth-order valence-electron chi connectivity index (χ4n) is 1.23. The second kappa shape index (κ2) is 3.50. The van der Waals surface area contributed by atoms with E-state index in [1.807, 2.05) is 0 Å². The predicted molar refractivity (Wildman–Crippen MR) is 46.1 cm³/mol. The van der Waals surface area contributed by atoms with E-state index in [-0.39, 0.29) is 17.6 Å². The fourth-order valence-corrected chi connectivity index (χ4v) is 1.23. The maximum absolute atomic E-state index is 11.4. The van der Waals surface area contributed by atoms with Crippen LogP contribution in [0, 0.1) is 17.2 Å². The van der Waals surface area contributed by atoms with Crippen molar-refractivity contribution in [1.29, 1.82) is 5.26 Å². The molecule has 1 atom stereocenters. The van der Waals surface area contributed by atoms with Crippen molar-refractivity contribution in [2.75, 3.05) is 0 Å². The summed E-state index contributed by atoms with van der Waals surface area (Å²) in [5, 5.41) is 14.9. The highest BCUT2D eigenvalue weighted by Gasteiger charge is 2.32. The van der Waals surface area contributed by atoms with E-state index in [9.17, 15) is 4.79 Å². The van der Waals surface area contributed by atoms with E-state index in [1.54, 1.807) is 0 Å². The molecule has 1 unspecified atom stereocenters. The van der Waals surface area contributed by atoms with Gasteiger partial charge in [0.15, 0.2) is 5.69 Å². The van der Waals surface area contributed by atoms with E-state index in [0.29, 0.717) is 5.92 Å². The average molecular weight is 191 g/mol. The maximum atomic E-state index is 11.4. The van der Waals surface area contributed by atoms with Gasteiger partial charge >= 0.3 is 0 Å². The number of nitrogens with one attached hydrogen (secondary N) is 1. The Morgan fingerprint density at radius 1 is 1.79 bits per heavy atom. The number of aromatic nitrogens is 1. The molecule has 1 heterocycles. The Morgan fingerprint density at radius 2 is 2.57 bits per heavy atom. The number of carbonyl (C=O) groups excluding carboxylic acids is 1. The number of hydrogen-bond donors (Lipinski definition) is 1. The summed E-state index contributed by atoms with van der Waals surface area (Å²) in [7, 11) is 0.